The lowest BCUT2D eigenvalue weighted by Gasteiger charge is -2.39. The third kappa shape index (κ3) is 2.43. The van der Waals surface area contributed by atoms with Crippen LogP contribution in [0.5, 0.6) is 0 Å². The Labute approximate surface area is 80.0 Å². The molecule has 0 aromatic heterocycles. The van der Waals surface area contributed by atoms with Gasteiger partial charge in [-0.2, -0.15) is 5.26 Å². The fourth-order valence-electron chi connectivity index (χ4n) is 1.83. The van der Waals surface area contributed by atoms with E-state index in [9.17, 15) is 0 Å². The lowest BCUT2D eigenvalue weighted by molar-refractivity contribution is 0.0781. The molecule has 1 N–H and O–H groups in total. The first-order chi connectivity index (χ1) is 6.33. The molecule has 0 heterocycles. The van der Waals surface area contributed by atoms with Crippen LogP contribution < -0.4 is 0 Å². The number of nitrogens with zero attached hydrogens (tertiary/aromatic N) is 2. The predicted octanol–water partition coefficient (Wildman–Crippen LogP) is 1.14. The van der Waals surface area contributed by atoms with Crippen molar-refractivity contribution in [2.24, 2.45) is 0 Å². The fraction of sp³-hybridized carbons (Fsp3) is 0.900. The summed E-state index contributed by atoms with van der Waals surface area (Å²) in [6, 6.07) is 2.85. The van der Waals surface area contributed by atoms with Gasteiger partial charge in [-0.3, -0.25) is 4.90 Å². The lowest BCUT2D eigenvalue weighted by atomic mass is 9.90. The zero-order valence-corrected chi connectivity index (χ0v) is 8.24. The van der Waals surface area contributed by atoms with Gasteiger partial charge in [0.2, 0.25) is 0 Å². The summed E-state index contributed by atoms with van der Waals surface area (Å²) in [7, 11) is 0. The van der Waals surface area contributed by atoms with Crippen LogP contribution in [-0.2, 0) is 0 Å². The van der Waals surface area contributed by atoms with Crippen molar-refractivity contribution >= 4 is 0 Å². The maximum atomic E-state index is 8.92. The van der Waals surface area contributed by atoms with Gasteiger partial charge in [-0.1, -0.05) is 13.3 Å². The van der Waals surface area contributed by atoms with Crippen molar-refractivity contribution in [2.75, 3.05) is 13.2 Å². The highest BCUT2D eigenvalue weighted by Gasteiger charge is 2.28. The molecule has 0 bridgehead atoms. The zero-order valence-electron chi connectivity index (χ0n) is 8.24. The van der Waals surface area contributed by atoms with E-state index >= 15 is 0 Å². The van der Waals surface area contributed by atoms with Gasteiger partial charge in [-0.15, -0.1) is 0 Å². The first-order valence-electron chi connectivity index (χ1n) is 5.09. The van der Waals surface area contributed by atoms with Crippen LogP contribution in [0.4, 0.5) is 0 Å². The average molecular weight is 182 g/mol. The van der Waals surface area contributed by atoms with Crippen molar-refractivity contribution < 1.29 is 5.11 Å². The second-order valence-corrected chi connectivity index (χ2v) is 3.60. The highest BCUT2D eigenvalue weighted by atomic mass is 16.3. The van der Waals surface area contributed by atoms with Crippen LogP contribution in [0.1, 0.15) is 32.6 Å². The minimum atomic E-state index is -0.00236. The Kier molecular flexibility index (Phi) is 4.20. The van der Waals surface area contributed by atoms with Crippen LogP contribution in [0.25, 0.3) is 0 Å². The molecule has 0 saturated heterocycles. The molecule has 1 atom stereocenters. The molecule has 3 heteroatoms. The molecule has 1 saturated carbocycles. The molecule has 0 aromatic rings. The molecule has 0 radical (unpaired) electrons. The van der Waals surface area contributed by atoms with Gasteiger partial charge in [-0.25, -0.2) is 0 Å². The third-order valence-electron chi connectivity index (χ3n) is 2.84. The zero-order chi connectivity index (χ0) is 9.68. The van der Waals surface area contributed by atoms with Crippen LogP contribution in [0.3, 0.4) is 0 Å². The van der Waals surface area contributed by atoms with Crippen molar-refractivity contribution in [2.45, 2.75) is 44.7 Å². The van der Waals surface area contributed by atoms with Gasteiger partial charge in [0.05, 0.1) is 18.7 Å². The minimum absolute atomic E-state index is 0.00236. The number of hydrogen-bond donors (Lipinski definition) is 1. The largest absolute Gasteiger partial charge is 0.395 e. The molecule has 0 amide bonds. The molecular weight excluding hydrogens is 164 g/mol. The van der Waals surface area contributed by atoms with Crippen molar-refractivity contribution in [1.82, 2.24) is 4.90 Å². The first kappa shape index (κ1) is 10.5. The second kappa shape index (κ2) is 5.21. The minimum Gasteiger partial charge on any atom is -0.395 e. The van der Waals surface area contributed by atoms with Gasteiger partial charge in [0.25, 0.3) is 0 Å². The van der Waals surface area contributed by atoms with Crippen LogP contribution in [0, 0.1) is 11.3 Å². The Morgan fingerprint density at radius 1 is 1.62 bits per heavy atom. The number of nitriles is 1. The molecule has 1 rings (SSSR count). The Hall–Kier alpha value is -0.590. The highest BCUT2D eigenvalue weighted by Crippen LogP contribution is 2.26. The number of aliphatic hydroxyl groups excluding tert-OH is 1. The summed E-state index contributed by atoms with van der Waals surface area (Å²) >= 11 is 0. The fourth-order valence-corrected chi connectivity index (χ4v) is 1.83. The molecule has 13 heavy (non-hydrogen) atoms. The number of aliphatic hydroxyl groups is 1. The lowest BCUT2D eigenvalue weighted by Crippen LogP contribution is -2.47. The molecule has 1 aliphatic carbocycles. The van der Waals surface area contributed by atoms with E-state index in [1.54, 1.807) is 0 Å². The molecule has 0 spiro atoms. The standard InChI is InChI=1S/C10H18N2O/c1-2-9(8-11)12(6-7-13)10-4-3-5-10/h9-10,13H,2-7H2,1H3. The van der Waals surface area contributed by atoms with E-state index in [1.165, 1.54) is 19.3 Å². The van der Waals surface area contributed by atoms with Crippen LogP contribution in [0.15, 0.2) is 0 Å². The normalized spacial score (nSPS) is 19.5. The molecule has 1 fully saturated rings. The van der Waals surface area contributed by atoms with Crippen LogP contribution in [0.2, 0.25) is 0 Å². The first-order valence-corrected chi connectivity index (χ1v) is 5.09. The van der Waals surface area contributed by atoms with E-state index in [0.29, 0.717) is 12.6 Å². The van der Waals surface area contributed by atoms with E-state index in [0.717, 1.165) is 6.42 Å². The van der Waals surface area contributed by atoms with Gasteiger partial charge < -0.3 is 5.11 Å². The summed E-state index contributed by atoms with van der Waals surface area (Å²) in [5, 5.41) is 17.8. The predicted molar refractivity (Wildman–Crippen MR) is 51.1 cm³/mol. The molecule has 0 aliphatic heterocycles. The van der Waals surface area contributed by atoms with E-state index in [2.05, 4.69) is 11.0 Å². The monoisotopic (exact) mass is 182 g/mol. The Bertz CT molecular complexity index is 184. The Morgan fingerprint density at radius 3 is 2.62 bits per heavy atom. The Balaban J connectivity index is 2.49. The number of hydrogen-bond acceptors (Lipinski definition) is 3. The summed E-state index contributed by atoms with van der Waals surface area (Å²) in [4.78, 5) is 2.16. The quantitative estimate of drug-likeness (QED) is 0.693. The average Bonchev–Trinajstić information content (AvgIpc) is 2.04. The Morgan fingerprint density at radius 2 is 2.31 bits per heavy atom. The maximum Gasteiger partial charge on any atom is 0.0978 e. The molecule has 3 nitrogen and oxygen atoms in total. The summed E-state index contributed by atoms with van der Waals surface area (Å²) in [5.74, 6) is 0. The van der Waals surface area contributed by atoms with Gasteiger partial charge in [-0.05, 0) is 19.3 Å². The summed E-state index contributed by atoms with van der Waals surface area (Å²) in [5.41, 5.74) is 0. The third-order valence-corrected chi connectivity index (χ3v) is 2.84. The molecule has 74 valence electrons. The summed E-state index contributed by atoms with van der Waals surface area (Å²) in [6.45, 7) is 2.84. The SMILES string of the molecule is CCC(C#N)N(CCO)C1CCC1. The maximum absolute atomic E-state index is 8.92. The van der Waals surface area contributed by atoms with E-state index in [-0.39, 0.29) is 12.6 Å². The number of rotatable bonds is 5. The molecule has 1 unspecified atom stereocenters. The van der Waals surface area contributed by atoms with Gasteiger partial charge >= 0.3 is 0 Å². The van der Waals surface area contributed by atoms with Crippen molar-refractivity contribution in [1.29, 1.82) is 5.26 Å². The van der Waals surface area contributed by atoms with Crippen molar-refractivity contribution in [3.05, 3.63) is 0 Å². The smallest absolute Gasteiger partial charge is 0.0978 e. The molecule has 0 aromatic carbocycles. The van der Waals surface area contributed by atoms with E-state index in [1.807, 2.05) is 6.92 Å². The topological polar surface area (TPSA) is 47.3 Å². The van der Waals surface area contributed by atoms with E-state index < -0.39 is 0 Å². The van der Waals surface area contributed by atoms with Gasteiger partial charge in [0.1, 0.15) is 0 Å². The second-order valence-electron chi connectivity index (χ2n) is 3.60. The summed E-state index contributed by atoms with van der Waals surface area (Å²) < 4.78 is 0. The van der Waals surface area contributed by atoms with E-state index in [4.69, 9.17) is 10.4 Å². The van der Waals surface area contributed by atoms with Crippen LogP contribution >= 0.6 is 0 Å². The van der Waals surface area contributed by atoms with Gasteiger partial charge in [0, 0.05) is 12.6 Å². The van der Waals surface area contributed by atoms with Crippen molar-refractivity contribution in [3.63, 3.8) is 0 Å². The molecular formula is C10H18N2O. The van der Waals surface area contributed by atoms with Crippen molar-refractivity contribution in [3.8, 4) is 6.07 Å². The van der Waals surface area contributed by atoms with Gasteiger partial charge in [0.15, 0.2) is 0 Å². The summed E-state index contributed by atoms with van der Waals surface area (Å²) in [6.07, 6.45) is 4.51. The molecule has 1 aliphatic rings. The van der Waals surface area contributed by atoms with Crippen LogP contribution in [-0.4, -0.2) is 35.2 Å². The highest BCUT2D eigenvalue weighted by molar-refractivity contribution is 4.95.